The minimum Gasteiger partial charge on any atom is -0.370 e. The molecule has 0 aliphatic heterocycles. The van der Waals surface area contributed by atoms with Crippen LogP contribution in [0.15, 0.2) is 59.6 Å². The maximum atomic E-state index is 6.65. The zero-order valence-corrected chi connectivity index (χ0v) is 17.1. The average Bonchev–Trinajstić information content (AvgIpc) is 2.70. The first-order valence-corrected chi connectivity index (χ1v) is 11.1. The Kier molecular flexibility index (Phi) is 3.72. The van der Waals surface area contributed by atoms with Crippen LogP contribution in [0.4, 0.5) is 5.69 Å². The minimum atomic E-state index is 0.102. The number of anilines is 1. The van der Waals surface area contributed by atoms with Crippen molar-refractivity contribution >= 4 is 33.2 Å². The topological polar surface area (TPSA) is 41.6 Å². The van der Waals surface area contributed by atoms with Crippen LogP contribution in [-0.4, -0.2) is 18.5 Å². The van der Waals surface area contributed by atoms with Gasteiger partial charge in [-0.1, -0.05) is 36.4 Å². The van der Waals surface area contributed by atoms with Gasteiger partial charge in [-0.25, -0.2) is 4.99 Å². The molecule has 3 aromatic carbocycles. The first-order valence-electron chi connectivity index (χ1n) is 11.1. The van der Waals surface area contributed by atoms with E-state index in [2.05, 4.69) is 66.5 Å². The Morgan fingerprint density at radius 1 is 0.862 bits per heavy atom. The predicted molar refractivity (Wildman–Crippen MR) is 122 cm³/mol. The van der Waals surface area contributed by atoms with Gasteiger partial charge in [0.15, 0.2) is 5.96 Å². The second-order valence-corrected chi connectivity index (χ2v) is 9.87. The normalized spacial score (nSPS) is 30.9. The van der Waals surface area contributed by atoms with Gasteiger partial charge in [-0.05, 0) is 90.6 Å². The molecule has 0 spiro atoms. The van der Waals surface area contributed by atoms with Crippen LogP contribution in [0.3, 0.4) is 0 Å². The summed E-state index contributed by atoms with van der Waals surface area (Å²) in [6.07, 6.45) is 8.03. The van der Waals surface area contributed by atoms with Crippen molar-refractivity contribution in [3.63, 3.8) is 0 Å². The van der Waals surface area contributed by atoms with Crippen LogP contribution in [0.1, 0.15) is 38.5 Å². The van der Waals surface area contributed by atoms with Crippen LogP contribution in [-0.2, 0) is 0 Å². The number of nitrogens with two attached hydrogens (primary N) is 1. The van der Waals surface area contributed by atoms with Crippen LogP contribution in [0.2, 0.25) is 0 Å². The molecule has 4 aliphatic rings. The monoisotopic (exact) mass is 383 g/mol. The fourth-order valence-corrected chi connectivity index (χ4v) is 6.89. The summed E-state index contributed by atoms with van der Waals surface area (Å²) in [6.45, 7) is 0. The molecule has 29 heavy (non-hydrogen) atoms. The zero-order valence-electron chi connectivity index (χ0n) is 17.1. The highest BCUT2D eigenvalue weighted by molar-refractivity contribution is 6.08. The Balaban J connectivity index is 1.40. The van der Waals surface area contributed by atoms with Gasteiger partial charge in [0, 0.05) is 12.4 Å². The van der Waals surface area contributed by atoms with Gasteiger partial charge >= 0.3 is 0 Å². The molecular weight excluding hydrogens is 354 g/mol. The van der Waals surface area contributed by atoms with E-state index < -0.39 is 0 Å². The minimum absolute atomic E-state index is 0.102. The van der Waals surface area contributed by atoms with Crippen molar-refractivity contribution in [3.05, 3.63) is 54.6 Å². The zero-order chi connectivity index (χ0) is 19.6. The molecule has 0 heterocycles. The third kappa shape index (κ3) is 2.82. The van der Waals surface area contributed by atoms with E-state index in [-0.39, 0.29) is 5.54 Å². The molecule has 0 aromatic heterocycles. The van der Waals surface area contributed by atoms with Gasteiger partial charge < -0.3 is 10.6 Å². The van der Waals surface area contributed by atoms with E-state index >= 15 is 0 Å². The number of hydrogen-bond donors (Lipinski definition) is 1. The highest BCUT2D eigenvalue weighted by Gasteiger charge is 2.51. The lowest BCUT2D eigenvalue weighted by molar-refractivity contribution is 0.00156. The molecule has 0 saturated heterocycles. The standard InChI is InChI=1S/C26H29N3/c1-29(25(27)28-26-14-17-9-18(15-26)11-19(10-17)16-26)24-8-4-7-22-12-20-5-2-3-6-21(20)13-23(22)24/h2-8,12-13,17-19H,9-11,14-16H2,1H3,(H2,27,28). The van der Waals surface area contributed by atoms with E-state index in [0.717, 1.165) is 23.4 Å². The van der Waals surface area contributed by atoms with Crippen molar-refractivity contribution in [2.45, 2.75) is 44.1 Å². The van der Waals surface area contributed by atoms with E-state index in [1.54, 1.807) is 0 Å². The van der Waals surface area contributed by atoms with Crippen molar-refractivity contribution in [2.75, 3.05) is 11.9 Å². The molecule has 7 rings (SSSR count). The highest BCUT2D eigenvalue weighted by atomic mass is 15.2. The second-order valence-electron chi connectivity index (χ2n) is 9.87. The molecule has 2 N–H and O–H groups in total. The van der Waals surface area contributed by atoms with Gasteiger partial charge in [0.2, 0.25) is 0 Å². The molecule has 4 saturated carbocycles. The van der Waals surface area contributed by atoms with Crippen molar-refractivity contribution < 1.29 is 0 Å². The molecule has 0 atom stereocenters. The molecular formula is C26H29N3. The summed E-state index contributed by atoms with van der Waals surface area (Å²) in [6, 6.07) is 19.6. The van der Waals surface area contributed by atoms with Crippen LogP contribution in [0.25, 0.3) is 21.5 Å². The number of hydrogen-bond acceptors (Lipinski definition) is 1. The van der Waals surface area contributed by atoms with E-state index in [1.165, 1.54) is 60.1 Å². The lowest BCUT2D eigenvalue weighted by Crippen LogP contribution is -2.51. The molecule has 3 heteroatoms. The third-order valence-corrected chi connectivity index (χ3v) is 7.79. The first-order chi connectivity index (χ1) is 14.1. The van der Waals surface area contributed by atoms with Crippen molar-refractivity contribution in [1.82, 2.24) is 0 Å². The Bertz CT molecular complexity index is 1090. The van der Waals surface area contributed by atoms with Crippen LogP contribution in [0, 0.1) is 17.8 Å². The number of aliphatic imine (C=N–C) groups is 1. The van der Waals surface area contributed by atoms with Crippen molar-refractivity contribution in [2.24, 2.45) is 28.5 Å². The Morgan fingerprint density at radius 3 is 2.10 bits per heavy atom. The maximum Gasteiger partial charge on any atom is 0.196 e. The molecule has 4 bridgehead atoms. The lowest BCUT2D eigenvalue weighted by Gasteiger charge is -2.55. The summed E-state index contributed by atoms with van der Waals surface area (Å²) in [5.74, 6) is 3.32. The van der Waals surface area contributed by atoms with Gasteiger partial charge in [0.1, 0.15) is 0 Å². The molecule has 3 nitrogen and oxygen atoms in total. The Labute approximate surface area is 172 Å². The SMILES string of the molecule is CN(C(N)=NC12CC3CC(CC(C3)C1)C2)c1cccc2cc3ccccc3cc12. The van der Waals surface area contributed by atoms with Crippen molar-refractivity contribution in [1.29, 1.82) is 0 Å². The number of fused-ring (bicyclic) bond motifs is 2. The van der Waals surface area contributed by atoms with Crippen LogP contribution < -0.4 is 10.6 Å². The largest absolute Gasteiger partial charge is 0.370 e. The van der Waals surface area contributed by atoms with Crippen LogP contribution >= 0.6 is 0 Å². The molecule has 148 valence electrons. The number of nitrogens with zero attached hydrogens (tertiary/aromatic N) is 2. The van der Waals surface area contributed by atoms with Crippen LogP contribution in [0.5, 0.6) is 0 Å². The number of guanidine groups is 1. The summed E-state index contributed by atoms with van der Waals surface area (Å²) in [5, 5.41) is 5.01. The summed E-state index contributed by atoms with van der Waals surface area (Å²) in [5.41, 5.74) is 7.89. The molecule has 0 radical (unpaired) electrons. The smallest absolute Gasteiger partial charge is 0.196 e. The van der Waals surface area contributed by atoms with E-state index in [1.807, 2.05) is 0 Å². The van der Waals surface area contributed by atoms with Gasteiger partial charge in [-0.15, -0.1) is 0 Å². The summed E-state index contributed by atoms with van der Waals surface area (Å²) in [7, 11) is 2.07. The molecule has 3 aromatic rings. The predicted octanol–water partition coefficient (Wildman–Crippen LogP) is 5.71. The van der Waals surface area contributed by atoms with Gasteiger partial charge in [-0.2, -0.15) is 0 Å². The van der Waals surface area contributed by atoms with E-state index in [9.17, 15) is 0 Å². The Morgan fingerprint density at radius 2 is 1.45 bits per heavy atom. The van der Waals surface area contributed by atoms with E-state index in [0.29, 0.717) is 5.96 Å². The highest BCUT2D eigenvalue weighted by Crippen LogP contribution is 2.57. The fraction of sp³-hybridized carbons (Fsp3) is 0.423. The third-order valence-electron chi connectivity index (χ3n) is 7.79. The molecule has 4 aliphatic carbocycles. The van der Waals surface area contributed by atoms with E-state index in [4.69, 9.17) is 10.7 Å². The van der Waals surface area contributed by atoms with Gasteiger partial charge in [-0.3, -0.25) is 0 Å². The number of rotatable bonds is 2. The molecule has 0 amide bonds. The molecule has 0 unspecified atom stereocenters. The number of benzene rings is 3. The van der Waals surface area contributed by atoms with Gasteiger partial charge in [0.05, 0.1) is 11.2 Å². The maximum absolute atomic E-state index is 6.65. The second kappa shape index (κ2) is 6.22. The summed E-state index contributed by atoms with van der Waals surface area (Å²) in [4.78, 5) is 7.34. The molecule has 4 fully saturated rings. The quantitative estimate of drug-likeness (QED) is 0.350. The lowest BCUT2D eigenvalue weighted by atomic mass is 9.53. The Hall–Kier alpha value is -2.55. The van der Waals surface area contributed by atoms with Crippen molar-refractivity contribution in [3.8, 4) is 0 Å². The summed E-state index contributed by atoms with van der Waals surface area (Å²) >= 11 is 0. The van der Waals surface area contributed by atoms with Gasteiger partial charge in [0.25, 0.3) is 0 Å². The average molecular weight is 384 g/mol. The fourth-order valence-electron chi connectivity index (χ4n) is 6.89. The first kappa shape index (κ1) is 17.3. The summed E-state index contributed by atoms with van der Waals surface area (Å²) < 4.78 is 0.